The number of ether oxygens (including phenoxy) is 1. The average Bonchev–Trinajstić information content (AvgIpc) is 3.23. The highest BCUT2D eigenvalue weighted by molar-refractivity contribution is 9.10. The lowest BCUT2D eigenvalue weighted by molar-refractivity contribution is -0.113. The molecule has 1 aromatic heterocycles. The number of hydrogen-bond donors (Lipinski definition) is 3. The summed E-state index contributed by atoms with van der Waals surface area (Å²) in [6.45, 7) is 0.416. The number of thioether (sulfide) groups is 1. The maximum atomic E-state index is 12.2. The molecule has 4 aromatic rings. The second-order valence-electron chi connectivity index (χ2n) is 7.32. The number of anilines is 2. The molecule has 0 fully saturated rings. The third kappa shape index (κ3) is 7.00. The van der Waals surface area contributed by atoms with E-state index in [1.807, 2.05) is 48.5 Å². The zero-order valence-corrected chi connectivity index (χ0v) is 21.9. The van der Waals surface area contributed by atoms with E-state index in [9.17, 15) is 4.79 Å². The predicted octanol–water partition coefficient (Wildman–Crippen LogP) is 5.16. The van der Waals surface area contributed by atoms with Gasteiger partial charge in [0.2, 0.25) is 11.1 Å². The maximum absolute atomic E-state index is 12.2. The Morgan fingerprint density at radius 2 is 1.94 bits per heavy atom. The van der Waals surface area contributed by atoms with Crippen molar-refractivity contribution in [2.45, 2.75) is 11.8 Å². The summed E-state index contributed by atoms with van der Waals surface area (Å²) < 4.78 is 8.18. The smallest absolute Gasteiger partial charge is 0.264 e. The molecule has 0 spiro atoms. The molecule has 0 bridgehead atoms. The largest absolute Gasteiger partial charge is 0.488 e. The van der Waals surface area contributed by atoms with E-state index in [-0.39, 0.29) is 17.6 Å². The molecule has 0 radical (unpaired) electrons. The van der Waals surface area contributed by atoms with Crippen molar-refractivity contribution < 1.29 is 9.53 Å². The molecule has 4 N–H and O–H groups in total. The second-order valence-corrected chi connectivity index (χ2v) is 9.58. The van der Waals surface area contributed by atoms with Crippen LogP contribution < -0.4 is 21.3 Å². The quantitative estimate of drug-likeness (QED) is 0.102. The highest BCUT2D eigenvalue weighted by atomic mass is 79.9. The predicted molar refractivity (Wildman–Crippen MR) is 147 cm³/mol. The first kappa shape index (κ1) is 25.5. The van der Waals surface area contributed by atoms with Gasteiger partial charge in [0.15, 0.2) is 0 Å². The van der Waals surface area contributed by atoms with Crippen LogP contribution in [0, 0.1) is 0 Å². The number of aromatic nitrogens is 3. The van der Waals surface area contributed by atoms with E-state index in [1.165, 1.54) is 4.68 Å². The first-order valence-electron chi connectivity index (χ1n) is 10.6. The fraction of sp³-hybridized carbons (Fsp3) is 0.0833. The third-order valence-corrected chi connectivity index (χ3v) is 6.48. The molecule has 184 valence electrons. The molecule has 12 heteroatoms. The molecule has 0 atom stereocenters. The molecule has 1 amide bonds. The number of nitrogens with one attached hydrogen (secondary N) is 2. The first-order chi connectivity index (χ1) is 17.5. The second kappa shape index (κ2) is 12.4. The molecule has 0 saturated carbocycles. The standard InChI is InChI=1S/C24H21BrClN7O2S/c25-18-8-5-6-16(12-18)14-35-21-11-4-1-7-17(21)13-28-30-23-31-32-24(33(23)27)36-15-22(34)29-20-10-3-2-9-19(20)26/h1-13H,14-15,27H2,(H,29,34)(H,30,31)/b28-13+. The maximum Gasteiger partial charge on any atom is 0.264 e. The van der Waals surface area contributed by atoms with Crippen LogP contribution in [0.3, 0.4) is 0 Å². The Kier molecular flexibility index (Phi) is 8.82. The zero-order chi connectivity index (χ0) is 25.3. The van der Waals surface area contributed by atoms with E-state index in [0.29, 0.717) is 28.2 Å². The fourth-order valence-corrected chi connectivity index (χ4v) is 4.28. The SMILES string of the molecule is Nn1c(N/N=C/c2ccccc2OCc2cccc(Br)c2)nnc1SCC(=O)Nc1ccccc1Cl. The summed E-state index contributed by atoms with van der Waals surface area (Å²) in [5.74, 6) is 6.78. The van der Waals surface area contributed by atoms with Gasteiger partial charge < -0.3 is 15.9 Å². The van der Waals surface area contributed by atoms with Crippen molar-refractivity contribution in [2.24, 2.45) is 5.10 Å². The van der Waals surface area contributed by atoms with Crippen LogP contribution in [-0.4, -0.2) is 32.7 Å². The van der Waals surface area contributed by atoms with Crippen LogP contribution in [0.4, 0.5) is 11.6 Å². The van der Waals surface area contributed by atoms with Gasteiger partial charge in [-0.2, -0.15) is 5.10 Å². The zero-order valence-electron chi connectivity index (χ0n) is 18.8. The van der Waals surface area contributed by atoms with Crippen molar-refractivity contribution in [3.63, 3.8) is 0 Å². The van der Waals surface area contributed by atoms with Crippen LogP contribution in [0.25, 0.3) is 0 Å². The fourth-order valence-electron chi connectivity index (χ4n) is 3.00. The molecule has 36 heavy (non-hydrogen) atoms. The number of carbonyl (C=O) groups excluding carboxylic acids is 1. The summed E-state index contributed by atoms with van der Waals surface area (Å²) in [6.07, 6.45) is 1.61. The number of hydrazone groups is 1. The van der Waals surface area contributed by atoms with E-state index in [0.717, 1.165) is 27.4 Å². The van der Waals surface area contributed by atoms with Crippen LogP contribution in [0.5, 0.6) is 5.75 Å². The lowest BCUT2D eigenvalue weighted by atomic mass is 10.2. The Labute approximate surface area is 225 Å². The number of rotatable bonds is 10. The number of nitrogen functional groups attached to an aromatic ring is 1. The molecule has 0 saturated heterocycles. The normalized spacial score (nSPS) is 10.9. The van der Waals surface area contributed by atoms with Gasteiger partial charge in [-0.15, -0.1) is 10.2 Å². The molecule has 4 rings (SSSR count). The van der Waals surface area contributed by atoms with Crippen LogP contribution in [0.2, 0.25) is 5.02 Å². The lowest BCUT2D eigenvalue weighted by Gasteiger charge is -2.09. The highest BCUT2D eigenvalue weighted by Crippen LogP contribution is 2.22. The summed E-state index contributed by atoms with van der Waals surface area (Å²) in [7, 11) is 0. The molecule has 9 nitrogen and oxygen atoms in total. The molecule has 0 aliphatic heterocycles. The Morgan fingerprint density at radius 1 is 1.14 bits per heavy atom. The number of carbonyl (C=O) groups is 1. The van der Waals surface area contributed by atoms with Gasteiger partial charge in [-0.3, -0.25) is 4.79 Å². The Morgan fingerprint density at radius 3 is 2.78 bits per heavy atom. The van der Waals surface area contributed by atoms with Crippen molar-refractivity contribution >= 4 is 63.1 Å². The summed E-state index contributed by atoms with van der Waals surface area (Å²) in [4.78, 5) is 12.2. The van der Waals surface area contributed by atoms with Crippen molar-refractivity contribution in [1.29, 1.82) is 0 Å². The number of para-hydroxylation sites is 2. The summed E-state index contributed by atoms with van der Waals surface area (Å²) in [5.41, 5.74) is 5.11. The van der Waals surface area contributed by atoms with Gasteiger partial charge in [0.25, 0.3) is 5.95 Å². The van der Waals surface area contributed by atoms with Crippen molar-refractivity contribution in [2.75, 3.05) is 22.3 Å². The van der Waals surface area contributed by atoms with Crippen molar-refractivity contribution in [3.8, 4) is 5.75 Å². The van der Waals surface area contributed by atoms with Gasteiger partial charge >= 0.3 is 0 Å². The number of nitrogens with two attached hydrogens (primary N) is 1. The minimum atomic E-state index is -0.247. The summed E-state index contributed by atoms with van der Waals surface area (Å²) in [5, 5.41) is 15.7. The van der Waals surface area contributed by atoms with Crippen LogP contribution >= 0.6 is 39.3 Å². The topological polar surface area (TPSA) is 119 Å². The Bertz CT molecular complexity index is 1380. The van der Waals surface area contributed by atoms with Crippen LogP contribution in [-0.2, 0) is 11.4 Å². The molecule has 3 aromatic carbocycles. The van der Waals surface area contributed by atoms with Gasteiger partial charge in [0.1, 0.15) is 12.4 Å². The lowest BCUT2D eigenvalue weighted by Crippen LogP contribution is -2.17. The van der Waals surface area contributed by atoms with E-state index in [2.05, 4.69) is 42.0 Å². The van der Waals surface area contributed by atoms with E-state index in [4.69, 9.17) is 22.2 Å². The van der Waals surface area contributed by atoms with E-state index >= 15 is 0 Å². The van der Waals surface area contributed by atoms with Gasteiger partial charge in [-0.05, 0) is 42.0 Å². The van der Waals surface area contributed by atoms with Crippen molar-refractivity contribution in [3.05, 3.63) is 93.4 Å². The third-order valence-electron chi connectivity index (χ3n) is 4.72. The van der Waals surface area contributed by atoms with Gasteiger partial charge in [-0.1, -0.05) is 75.7 Å². The molecular formula is C24H21BrClN7O2S. The van der Waals surface area contributed by atoms with Gasteiger partial charge in [0, 0.05) is 10.0 Å². The van der Waals surface area contributed by atoms with Gasteiger partial charge in [0.05, 0.1) is 22.7 Å². The van der Waals surface area contributed by atoms with E-state index in [1.54, 1.807) is 30.5 Å². The van der Waals surface area contributed by atoms with Gasteiger partial charge in [-0.25, -0.2) is 10.1 Å². The van der Waals surface area contributed by atoms with Crippen LogP contribution in [0.15, 0.2) is 87.5 Å². The first-order valence-corrected chi connectivity index (χ1v) is 12.8. The molecule has 0 unspecified atom stereocenters. The number of amides is 1. The number of nitrogens with zero attached hydrogens (tertiary/aromatic N) is 4. The highest BCUT2D eigenvalue weighted by Gasteiger charge is 2.13. The molecule has 1 heterocycles. The Hall–Kier alpha value is -3.54. The average molecular weight is 587 g/mol. The van der Waals surface area contributed by atoms with Crippen molar-refractivity contribution in [1.82, 2.24) is 14.9 Å². The summed E-state index contributed by atoms with van der Waals surface area (Å²) >= 11 is 10.7. The van der Waals surface area contributed by atoms with E-state index < -0.39 is 0 Å². The molecular weight excluding hydrogens is 566 g/mol. The molecule has 0 aliphatic carbocycles. The summed E-state index contributed by atoms with van der Waals surface area (Å²) in [6, 6.07) is 22.5. The number of hydrogen-bond acceptors (Lipinski definition) is 8. The number of halogens is 2. The minimum absolute atomic E-state index is 0.0759. The monoisotopic (exact) mass is 585 g/mol. The number of benzene rings is 3. The van der Waals surface area contributed by atoms with Crippen LogP contribution in [0.1, 0.15) is 11.1 Å². The minimum Gasteiger partial charge on any atom is -0.488 e. The molecule has 0 aliphatic rings. The Balaban J connectivity index is 1.32.